The monoisotopic (exact) mass is 233 g/mol. The van der Waals surface area contributed by atoms with Crippen LogP contribution in [0.1, 0.15) is 43.0 Å². The highest BCUT2D eigenvalue weighted by atomic mass is 35.5. The van der Waals surface area contributed by atoms with Crippen LogP contribution in [0.4, 0.5) is 0 Å². The zero-order valence-corrected chi connectivity index (χ0v) is 10.8. The molecule has 0 radical (unpaired) electrons. The molecule has 0 aliphatic carbocycles. The molecule has 1 aromatic rings. The lowest BCUT2D eigenvalue weighted by Gasteiger charge is -2.16. The van der Waals surface area contributed by atoms with Crippen LogP contribution in [0.2, 0.25) is 0 Å². The van der Waals surface area contributed by atoms with Crippen LogP contribution in [-0.4, -0.2) is 0 Å². The van der Waals surface area contributed by atoms with E-state index in [2.05, 4.69) is 32.9 Å². The molecular formula is C11H20ClNS. The Bertz CT molecular complexity index is 260. The average molecular weight is 234 g/mol. The summed E-state index contributed by atoms with van der Waals surface area (Å²) in [5.74, 6) is 0.586. The Morgan fingerprint density at radius 1 is 1.36 bits per heavy atom. The summed E-state index contributed by atoms with van der Waals surface area (Å²) in [6.45, 7) is 6.60. The molecule has 0 aliphatic heterocycles. The van der Waals surface area contributed by atoms with Crippen LogP contribution in [0.25, 0.3) is 0 Å². The third-order valence-corrected chi connectivity index (χ3v) is 3.95. The lowest BCUT2D eigenvalue weighted by Crippen LogP contribution is -2.16. The van der Waals surface area contributed by atoms with Gasteiger partial charge in [-0.25, -0.2) is 0 Å². The Kier molecular flexibility index (Phi) is 6.41. The minimum absolute atomic E-state index is 0. The first kappa shape index (κ1) is 13.9. The highest BCUT2D eigenvalue weighted by Crippen LogP contribution is 2.28. The minimum Gasteiger partial charge on any atom is -0.323 e. The van der Waals surface area contributed by atoms with Gasteiger partial charge in [-0.1, -0.05) is 27.2 Å². The third-order valence-electron chi connectivity index (χ3n) is 2.62. The normalized spacial score (nSPS) is 14.6. The van der Waals surface area contributed by atoms with Crippen molar-refractivity contribution in [1.82, 2.24) is 0 Å². The molecule has 1 aromatic heterocycles. The first-order valence-corrected chi connectivity index (χ1v) is 5.84. The lowest BCUT2D eigenvalue weighted by atomic mass is 9.99. The van der Waals surface area contributed by atoms with Gasteiger partial charge in [-0.3, -0.25) is 0 Å². The first-order valence-electron chi connectivity index (χ1n) is 5.03. The Balaban J connectivity index is 0.00000169. The largest absolute Gasteiger partial charge is 0.323 e. The summed E-state index contributed by atoms with van der Waals surface area (Å²) >= 11 is 1.86. The molecule has 14 heavy (non-hydrogen) atoms. The molecule has 1 rings (SSSR count). The SMILES string of the molecule is CCc1ccc([C@H](N)C(C)CC)s1.Cl. The second-order valence-corrected chi connectivity index (χ2v) is 4.77. The maximum Gasteiger partial charge on any atom is 0.0415 e. The maximum atomic E-state index is 6.13. The Morgan fingerprint density at radius 2 is 2.00 bits per heavy atom. The zero-order valence-electron chi connectivity index (χ0n) is 9.12. The van der Waals surface area contributed by atoms with E-state index in [1.807, 2.05) is 11.3 Å². The number of aryl methyl sites for hydroxylation is 1. The predicted octanol–water partition coefficient (Wildman–Crippen LogP) is 3.78. The van der Waals surface area contributed by atoms with Gasteiger partial charge in [0.05, 0.1) is 0 Å². The molecule has 0 saturated heterocycles. The minimum atomic E-state index is 0. The average Bonchev–Trinajstić information content (AvgIpc) is 2.63. The van der Waals surface area contributed by atoms with E-state index in [4.69, 9.17) is 5.73 Å². The van der Waals surface area contributed by atoms with Crippen molar-refractivity contribution in [3.63, 3.8) is 0 Å². The molecule has 2 N–H and O–H groups in total. The van der Waals surface area contributed by atoms with Gasteiger partial charge in [-0.05, 0) is 24.5 Å². The van der Waals surface area contributed by atoms with E-state index in [0.717, 1.165) is 12.8 Å². The van der Waals surface area contributed by atoms with Crippen molar-refractivity contribution in [3.8, 4) is 0 Å². The fourth-order valence-corrected chi connectivity index (χ4v) is 2.39. The molecule has 0 saturated carbocycles. The fourth-order valence-electron chi connectivity index (χ4n) is 1.30. The van der Waals surface area contributed by atoms with Crippen molar-refractivity contribution >= 4 is 23.7 Å². The van der Waals surface area contributed by atoms with Crippen LogP contribution in [0.3, 0.4) is 0 Å². The Labute approximate surface area is 97.1 Å². The van der Waals surface area contributed by atoms with Gasteiger partial charge in [0, 0.05) is 15.8 Å². The van der Waals surface area contributed by atoms with E-state index in [1.165, 1.54) is 9.75 Å². The van der Waals surface area contributed by atoms with Crippen LogP contribution < -0.4 is 5.73 Å². The van der Waals surface area contributed by atoms with Crippen LogP contribution in [0, 0.1) is 5.92 Å². The number of hydrogen-bond acceptors (Lipinski definition) is 2. The summed E-state index contributed by atoms with van der Waals surface area (Å²) in [5.41, 5.74) is 6.13. The quantitative estimate of drug-likeness (QED) is 0.842. The van der Waals surface area contributed by atoms with Crippen molar-refractivity contribution in [2.24, 2.45) is 11.7 Å². The smallest absolute Gasteiger partial charge is 0.0415 e. The number of halogens is 1. The summed E-state index contributed by atoms with van der Waals surface area (Å²) in [5, 5.41) is 0. The Morgan fingerprint density at radius 3 is 2.43 bits per heavy atom. The topological polar surface area (TPSA) is 26.0 Å². The molecule has 82 valence electrons. The molecule has 0 aromatic carbocycles. The second-order valence-electron chi connectivity index (χ2n) is 3.57. The van der Waals surface area contributed by atoms with Crippen molar-refractivity contribution in [1.29, 1.82) is 0 Å². The molecule has 0 amide bonds. The molecule has 0 spiro atoms. The van der Waals surface area contributed by atoms with Crippen molar-refractivity contribution in [3.05, 3.63) is 21.9 Å². The molecule has 1 nitrogen and oxygen atoms in total. The van der Waals surface area contributed by atoms with Crippen LogP contribution in [0.15, 0.2) is 12.1 Å². The van der Waals surface area contributed by atoms with E-state index in [9.17, 15) is 0 Å². The van der Waals surface area contributed by atoms with Gasteiger partial charge in [-0.2, -0.15) is 0 Å². The van der Waals surface area contributed by atoms with Crippen molar-refractivity contribution in [2.75, 3.05) is 0 Å². The molecule has 0 fully saturated rings. The number of thiophene rings is 1. The van der Waals surface area contributed by atoms with E-state index in [1.54, 1.807) is 0 Å². The Hall–Kier alpha value is -0.0500. The number of hydrogen-bond donors (Lipinski definition) is 1. The third kappa shape index (κ3) is 3.26. The standard InChI is InChI=1S/C11H19NS.ClH/c1-4-8(3)11(12)10-7-6-9(5-2)13-10;/h6-8,11H,4-5,12H2,1-3H3;1H/t8?,11-;/m1./s1. The summed E-state index contributed by atoms with van der Waals surface area (Å²) in [6, 6.07) is 4.61. The molecule has 0 aliphatic rings. The summed E-state index contributed by atoms with van der Waals surface area (Å²) < 4.78 is 0. The van der Waals surface area contributed by atoms with Crippen molar-refractivity contribution in [2.45, 2.75) is 39.7 Å². The van der Waals surface area contributed by atoms with E-state index >= 15 is 0 Å². The van der Waals surface area contributed by atoms with Gasteiger partial charge < -0.3 is 5.73 Å². The molecule has 0 bridgehead atoms. The van der Waals surface area contributed by atoms with Gasteiger partial charge in [0.2, 0.25) is 0 Å². The highest BCUT2D eigenvalue weighted by Gasteiger charge is 2.14. The number of rotatable bonds is 4. The van der Waals surface area contributed by atoms with E-state index in [-0.39, 0.29) is 18.4 Å². The van der Waals surface area contributed by atoms with Crippen LogP contribution >= 0.6 is 23.7 Å². The molecule has 1 unspecified atom stereocenters. The fraction of sp³-hybridized carbons (Fsp3) is 0.636. The van der Waals surface area contributed by atoms with Gasteiger partial charge >= 0.3 is 0 Å². The van der Waals surface area contributed by atoms with Crippen molar-refractivity contribution < 1.29 is 0 Å². The molecule has 3 heteroatoms. The summed E-state index contributed by atoms with van der Waals surface area (Å²) in [6.07, 6.45) is 2.28. The molecule has 2 atom stereocenters. The highest BCUT2D eigenvalue weighted by molar-refractivity contribution is 7.12. The summed E-state index contributed by atoms with van der Waals surface area (Å²) in [7, 11) is 0. The molecule has 1 heterocycles. The predicted molar refractivity (Wildman–Crippen MR) is 67.3 cm³/mol. The van der Waals surface area contributed by atoms with Crippen LogP contribution in [-0.2, 0) is 6.42 Å². The van der Waals surface area contributed by atoms with E-state index in [0.29, 0.717) is 5.92 Å². The van der Waals surface area contributed by atoms with E-state index < -0.39 is 0 Å². The zero-order chi connectivity index (χ0) is 9.84. The second kappa shape index (κ2) is 6.44. The first-order chi connectivity index (χ1) is 6.19. The molecular weight excluding hydrogens is 214 g/mol. The lowest BCUT2D eigenvalue weighted by molar-refractivity contribution is 0.462. The van der Waals surface area contributed by atoms with Gasteiger partial charge in [-0.15, -0.1) is 23.7 Å². The van der Waals surface area contributed by atoms with Gasteiger partial charge in [0.1, 0.15) is 0 Å². The van der Waals surface area contributed by atoms with Gasteiger partial charge in [0.15, 0.2) is 0 Å². The van der Waals surface area contributed by atoms with Gasteiger partial charge in [0.25, 0.3) is 0 Å². The number of nitrogens with two attached hydrogens (primary N) is 1. The summed E-state index contributed by atoms with van der Waals surface area (Å²) in [4.78, 5) is 2.78. The maximum absolute atomic E-state index is 6.13. The van der Waals surface area contributed by atoms with Crippen LogP contribution in [0.5, 0.6) is 0 Å².